The van der Waals surface area contributed by atoms with Crippen LogP contribution in [0.25, 0.3) is 11.0 Å². The van der Waals surface area contributed by atoms with Gasteiger partial charge in [-0.2, -0.15) is 5.10 Å². The van der Waals surface area contributed by atoms with Crippen molar-refractivity contribution < 1.29 is 18.7 Å². The minimum atomic E-state index is -0.236. The van der Waals surface area contributed by atoms with Gasteiger partial charge in [0.2, 0.25) is 0 Å². The molecule has 2 N–H and O–H groups in total. The van der Waals surface area contributed by atoms with Crippen molar-refractivity contribution in [3.05, 3.63) is 52.5 Å². The second-order valence-electron chi connectivity index (χ2n) is 7.39. The minimum Gasteiger partial charge on any atom is -0.451 e. The average molecular weight is 396 g/mol. The zero-order valence-electron chi connectivity index (χ0n) is 16.7. The van der Waals surface area contributed by atoms with Crippen LogP contribution < -0.4 is 5.32 Å². The van der Waals surface area contributed by atoms with Gasteiger partial charge >= 0.3 is 0 Å². The van der Waals surface area contributed by atoms with Gasteiger partial charge in [0.1, 0.15) is 5.58 Å². The highest BCUT2D eigenvalue weighted by molar-refractivity contribution is 5.99. The lowest BCUT2D eigenvalue weighted by molar-refractivity contribution is 0.0701. The van der Waals surface area contributed by atoms with Crippen LogP contribution in [0.5, 0.6) is 0 Å². The summed E-state index contributed by atoms with van der Waals surface area (Å²) in [6, 6.07) is 7.51. The highest BCUT2D eigenvalue weighted by atomic mass is 16.5. The van der Waals surface area contributed by atoms with Crippen LogP contribution >= 0.6 is 0 Å². The van der Waals surface area contributed by atoms with Crippen LogP contribution in [-0.4, -0.2) is 53.2 Å². The van der Waals surface area contributed by atoms with Crippen LogP contribution in [0.4, 0.5) is 0 Å². The summed E-state index contributed by atoms with van der Waals surface area (Å²) in [5, 5.41) is 10.9. The first-order valence-corrected chi connectivity index (χ1v) is 9.63. The maximum atomic E-state index is 13.1. The fourth-order valence-corrected chi connectivity index (χ4v) is 3.78. The number of rotatable bonds is 5. The molecule has 0 saturated carbocycles. The van der Waals surface area contributed by atoms with E-state index in [4.69, 9.17) is 9.15 Å². The summed E-state index contributed by atoms with van der Waals surface area (Å²) in [7, 11) is 1.59. The molecule has 1 aliphatic rings. The number of amides is 2. The normalized spacial score (nSPS) is 14.7. The molecule has 0 radical (unpaired) electrons. The highest BCUT2D eigenvalue weighted by Crippen LogP contribution is 2.28. The predicted molar refractivity (Wildman–Crippen MR) is 107 cm³/mol. The third-order valence-electron chi connectivity index (χ3n) is 5.27. The van der Waals surface area contributed by atoms with E-state index >= 15 is 0 Å². The first-order chi connectivity index (χ1) is 14.0. The third kappa shape index (κ3) is 3.51. The molecule has 0 bridgehead atoms. The number of furan rings is 1. The monoisotopic (exact) mass is 396 g/mol. The fraction of sp³-hybridized carbons (Fsp3) is 0.381. The van der Waals surface area contributed by atoms with Crippen molar-refractivity contribution in [2.75, 3.05) is 20.3 Å². The molecule has 0 saturated heterocycles. The number of aromatic nitrogens is 2. The molecule has 3 aromatic rings. The maximum Gasteiger partial charge on any atom is 0.290 e. The lowest BCUT2D eigenvalue weighted by atomic mass is 10.0. The number of aryl methyl sites for hydroxylation is 1. The molecule has 1 atom stereocenters. The zero-order chi connectivity index (χ0) is 20.5. The van der Waals surface area contributed by atoms with Crippen LogP contribution in [0.2, 0.25) is 0 Å². The number of nitrogens with one attached hydrogen (secondary N) is 2. The summed E-state index contributed by atoms with van der Waals surface area (Å²) < 4.78 is 10.9. The van der Waals surface area contributed by atoms with Gasteiger partial charge in [-0.1, -0.05) is 18.2 Å². The number of H-pyrrole nitrogens is 1. The first-order valence-electron chi connectivity index (χ1n) is 9.63. The van der Waals surface area contributed by atoms with Gasteiger partial charge in [-0.05, 0) is 26.3 Å². The standard InChI is InChI=1S/C21H24N4O4/c1-12(11-28-3)22-20(26)18-15-8-9-25(10-16(15)23-24-18)21(27)19-13(2)14-6-4-5-7-17(14)29-19/h4-7,12H,8-11H2,1-3H3,(H,22,26)(H,23,24). The van der Waals surface area contributed by atoms with Gasteiger partial charge in [0.25, 0.3) is 11.8 Å². The van der Waals surface area contributed by atoms with Gasteiger partial charge in [0.05, 0.1) is 18.8 Å². The quantitative estimate of drug-likeness (QED) is 0.690. The van der Waals surface area contributed by atoms with Crippen molar-refractivity contribution in [1.29, 1.82) is 0 Å². The number of carbonyl (C=O) groups excluding carboxylic acids is 2. The van der Waals surface area contributed by atoms with E-state index < -0.39 is 0 Å². The van der Waals surface area contributed by atoms with Crippen LogP contribution in [0.3, 0.4) is 0 Å². The average Bonchev–Trinajstić information content (AvgIpc) is 3.28. The summed E-state index contributed by atoms with van der Waals surface area (Å²) in [5.74, 6) is -0.0286. The smallest absolute Gasteiger partial charge is 0.290 e. The number of hydrogen-bond acceptors (Lipinski definition) is 5. The topological polar surface area (TPSA) is 100 Å². The Labute approximate surface area is 168 Å². The van der Waals surface area contributed by atoms with Crippen LogP contribution in [-0.2, 0) is 17.7 Å². The van der Waals surface area contributed by atoms with E-state index in [0.717, 1.165) is 22.2 Å². The Morgan fingerprint density at radius 1 is 1.38 bits per heavy atom. The van der Waals surface area contributed by atoms with Crippen molar-refractivity contribution in [3.8, 4) is 0 Å². The number of nitrogens with zero attached hydrogens (tertiary/aromatic N) is 2. The predicted octanol–water partition coefficient (Wildman–Crippen LogP) is 2.43. The Balaban J connectivity index is 1.52. The molecular formula is C21H24N4O4. The van der Waals surface area contributed by atoms with E-state index in [-0.39, 0.29) is 17.9 Å². The number of aromatic amines is 1. The minimum absolute atomic E-state index is 0.113. The molecule has 1 aromatic carbocycles. The molecule has 2 amide bonds. The van der Waals surface area contributed by atoms with Crippen LogP contribution in [0.1, 0.15) is 44.8 Å². The summed E-state index contributed by atoms with van der Waals surface area (Å²) in [6.07, 6.45) is 0.554. The molecule has 0 aliphatic carbocycles. The number of fused-ring (bicyclic) bond motifs is 2. The Morgan fingerprint density at radius 2 is 2.17 bits per heavy atom. The highest BCUT2D eigenvalue weighted by Gasteiger charge is 2.30. The molecule has 4 rings (SSSR count). The Bertz CT molecular complexity index is 1070. The summed E-state index contributed by atoms with van der Waals surface area (Å²) in [4.78, 5) is 27.3. The summed E-state index contributed by atoms with van der Waals surface area (Å²) in [5.41, 5.74) is 3.57. The van der Waals surface area contributed by atoms with Crippen molar-refractivity contribution in [1.82, 2.24) is 20.4 Å². The molecule has 152 valence electrons. The van der Waals surface area contributed by atoms with E-state index in [1.807, 2.05) is 38.1 Å². The molecule has 1 aliphatic heterocycles. The SMILES string of the molecule is COCC(C)NC(=O)c1n[nH]c2c1CCN(C(=O)c1oc3ccccc3c1C)C2. The van der Waals surface area contributed by atoms with Crippen molar-refractivity contribution in [2.45, 2.75) is 32.9 Å². The number of ether oxygens (including phenoxy) is 1. The zero-order valence-corrected chi connectivity index (χ0v) is 16.7. The van der Waals surface area contributed by atoms with E-state index in [1.54, 1.807) is 12.0 Å². The van der Waals surface area contributed by atoms with Gasteiger partial charge in [-0.25, -0.2) is 0 Å². The molecule has 8 heteroatoms. The molecule has 3 heterocycles. The van der Waals surface area contributed by atoms with Crippen LogP contribution in [0, 0.1) is 6.92 Å². The second kappa shape index (κ2) is 7.71. The fourth-order valence-electron chi connectivity index (χ4n) is 3.78. The number of carbonyl (C=O) groups is 2. The molecule has 1 unspecified atom stereocenters. The lowest BCUT2D eigenvalue weighted by Crippen LogP contribution is -2.38. The first kappa shape index (κ1) is 19.2. The second-order valence-corrected chi connectivity index (χ2v) is 7.39. The number of para-hydroxylation sites is 1. The largest absolute Gasteiger partial charge is 0.451 e. The van der Waals surface area contributed by atoms with Gasteiger partial charge in [0.15, 0.2) is 11.5 Å². The van der Waals surface area contributed by atoms with Gasteiger partial charge in [-0.15, -0.1) is 0 Å². The van der Waals surface area contributed by atoms with E-state index in [0.29, 0.717) is 43.2 Å². The van der Waals surface area contributed by atoms with Gasteiger partial charge in [-0.3, -0.25) is 14.7 Å². The maximum absolute atomic E-state index is 13.1. The van der Waals surface area contributed by atoms with E-state index in [2.05, 4.69) is 15.5 Å². The molecule has 0 fully saturated rings. The van der Waals surface area contributed by atoms with Gasteiger partial charge in [0, 0.05) is 36.2 Å². The Morgan fingerprint density at radius 3 is 2.93 bits per heavy atom. The van der Waals surface area contributed by atoms with Crippen molar-refractivity contribution >= 4 is 22.8 Å². The van der Waals surface area contributed by atoms with E-state index in [9.17, 15) is 9.59 Å². The van der Waals surface area contributed by atoms with Crippen molar-refractivity contribution in [2.24, 2.45) is 0 Å². The number of benzene rings is 1. The van der Waals surface area contributed by atoms with Crippen LogP contribution in [0.15, 0.2) is 28.7 Å². The molecule has 0 spiro atoms. The number of hydrogen-bond donors (Lipinski definition) is 2. The van der Waals surface area contributed by atoms with Crippen molar-refractivity contribution in [3.63, 3.8) is 0 Å². The number of methoxy groups -OCH3 is 1. The van der Waals surface area contributed by atoms with E-state index in [1.165, 1.54) is 0 Å². The molecule has 2 aromatic heterocycles. The molecule has 29 heavy (non-hydrogen) atoms. The lowest BCUT2D eigenvalue weighted by Gasteiger charge is -2.26. The Kier molecular flexibility index (Phi) is 5.10. The summed E-state index contributed by atoms with van der Waals surface area (Å²) in [6.45, 7) is 5.05. The summed E-state index contributed by atoms with van der Waals surface area (Å²) >= 11 is 0. The molecule has 8 nitrogen and oxygen atoms in total. The molecular weight excluding hydrogens is 372 g/mol. The Hall–Kier alpha value is -3.13. The van der Waals surface area contributed by atoms with Gasteiger partial charge < -0.3 is 19.4 Å². The third-order valence-corrected chi connectivity index (χ3v) is 5.27.